The molecule has 0 aliphatic heterocycles. The lowest BCUT2D eigenvalue weighted by Crippen LogP contribution is -2.30. The van der Waals surface area contributed by atoms with E-state index < -0.39 is 0 Å². The third-order valence-corrected chi connectivity index (χ3v) is 3.36. The molecule has 2 aromatic rings. The van der Waals surface area contributed by atoms with Crippen LogP contribution in [0.4, 0.5) is 4.39 Å². The van der Waals surface area contributed by atoms with Gasteiger partial charge in [0.2, 0.25) is 0 Å². The lowest BCUT2D eigenvalue weighted by atomic mass is 10.1. The van der Waals surface area contributed by atoms with Crippen LogP contribution in [0.3, 0.4) is 0 Å². The van der Waals surface area contributed by atoms with Crippen LogP contribution in [-0.2, 0) is 13.1 Å². The second kappa shape index (κ2) is 7.31. The molecule has 1 heterocycles. The highest BCUT2D eigenvalue weighted by molar-refractivity contribution is 5.58. The van der Waals surface area contributed by atoms with Crippen molar-refractivity contribution < 1.29 is 4.39 Å². The highest BCUT2D eigenvalue weighted by atomic mass is 19.1. The molecule has 0 spiro atoms. The molecule has 1 N–H and O–H groups in total. The molecule has 0 bridgehead atoms. The van der Waals surface area contributed by atoms with Crippen molar-refractivity contribution in [3.8, 4) is 11.3 Å². The summed E-state index contributed by atoms with van der Waals surface area (Å²) < 4.78 is 14.5. The normalized spacial score (nSPS) is 11.1. The van der Waals surface area contributed by atoms with E-state index in [4.69, 9.17) is 0 Å². The SMILES string of the molecule is CCn1nc(-c2ccc(F)cc2)cc(CNCC(C)C)c1=O. The Balaban J connectivity index is 2.34. The van der Waals surface area contributed by atoms with E-state index in [0.717, 1.165) is 12.1 Å². The Bertz CT molecular complexity index is 677. The molecule has 118 valence electrons. The largest absolute Gasteiger partial charge is 0.312 e. The Morgan fingerprint density at radius 2 is 1.95 bits per heavy atom. The second-order valence-corrected chi connectivity index (χ2v) is 5.71. The molecule has 0 saturated carbocycles. The molecular weight excluding hydrogens is 281 g/mol. The van der Waals surface area contributed by atoms with Crippen molar-refractivity contribution in [1.29, 1.82) is 0 Å². The minimum absolute atomic E-state index is 0.0791. The van der Waals surface area contributed by atoms with Gasteiger partial charge in [-0.15, -0.1) is 0 Å². The van der Waals surface area contributed by atoms with Crippen LogP contribution >= 0.6 is 0 Å². The molecule has 0 unspecified atom stereocenters. The van der Waals surface area contributed by atoms with Gasteiger partial charge in [-0.25, -0.2) is 9.07 Å². The summed E-state index contributed by atoms with van der Waals surface area (Å²) in [6.07, 6.45) is 0. The zero-order valence-corrected chi connectivity index (χ0v) is 13.3. The number of hydrogen-bond donors (Lipinski definition) is 1. The monoisotopic (exact) mass is 303 g/mol. The van der Waals surface area contributed by atoms with Gasteiger partial charge in [-0.3, -0.25) is 4.79 Å². The summed E-state index contributed by atoms with van der Waals surface area (Å²) in [5.41, 5.74) is 2.08. The number of rotatable bonds is 6. The fourth-order valence-electron chi connectivity index (χ4n) is 2.20. The number of hydrogen-bond acceptors (Lipinski definition) is 3. The number of aromatic nitrogens is 2. The van der Waals surface area contributed by atoms with Gasteiger partial charge in [-0.1, -0.05) is 13.8 Å². The third kappa shape index (κ3) is 4.01. The minimum atomic E-state index is -0.286. The van der Waals surface area contributed by atoms with E-state index in [1.54, 1.807) is 18.2 Å². The number of halogens is 1. The van der Waals surface area contributed by atoms with Crippen LogP contribution in [0, 0.1) is 11.7 Å². The molecule has 0 radical (unpaired) electrons. The zero-order valence-electron chi connectivity index (χ0n) is 13.3. The number of nitrogens with zero attached hydrogens (tertiary/aromatic N) is 2. The Morgan fingerprint density at radius 1 is 1.27 bits per heavy atom. The first kappa shape index (κ1) is 16.4. The molecule has 1 aromatic heterocycles. The molecule has 22 heavy (non-hydrogen) atoms. The Kier molecular flexibility index (Phi) is 5.44. The average Bonchev–Trinajstić information content (AvgIpc) is 2.49. The average molecular weight is 303 g/mol. The maximum atomic E-state index is 13.0. The van der Waals surface area contributed by atoms with Crippen molar-refractivity contribution in [3.05, 3.63) is 52.1 Å². The summed E-state index contributed by atoms with van der Waals surface area (Å²) >= 11 is 0. The van der Waals surface area contributed by atoms with E-state index in [1.165, 1.54) is 16.8 Å². The molecule has 0 fully saturated rings. The highest BCUT2D eigenvalue weighted by Gasteiger charge is 2.09. The summed E-state index contributed by atoms with van der Waals surface area (Å²) in [5, 5.41) is 7.63. The predicted molar refractivity (Wildman–Crippen MR) is 86.1 cm³/mol. The van der Waals surface area contributed by atoms with Gasteiger partial charge in [0.25, 0.3) is 5.56 Å². The van der Waals surface area contributed by atoms with Crippen molar-refractivity contribution in [2.75, 3.05) is 6.54 Å². The first-order valence-electron chi connectivity index (χ1n) is 7.59. The quantitative estimate of drug-likeness (QED) is 0.892. The minimum Gasteiger partial charge on any atom is -0.312 e. The lowest BCUT2D eigenvalue weighted by molar-refractivity contribution is 0.542. The van der Waals surface area contributed by atoms with Gasteiger partial charge in [0.15, 0.2) is 0 Å². The van der Waals surface area contributed by atoms with E-state index in [1.807, 2.05) is 6.92 Å². The van der Waals surface area contributed by atoms with Gasteiger partial charge in [-0.2, -0.15) is 5.10 Å². The molecule has 0 saturated heterocycles. The Labute approximate surface area is 130 Å². The summed E-state index contributed by atoms with van der Waals surface area (Å²) in [5.74, 6) is 0.234. The molecule has 0 amide bonds. The van der Waals surface area contributed by atoms with Crippen molar-refractivity contribution in [2.24, 2.45) is 5.92 Å². The molecule has 0 aliphatic carbocycles. The highest BCUT2D eigenvalue weighted by Crippen LogP contribution is 2.17. The van der Waals surface area contributed by atoms with Crippen LogP contribution in [0.15, 0.2) is 35.1 Å². The Hall–Kier alpha value is -2.01. The molecular formula is C17H22FN3O. The van der Waals surface area contributed by atoms with Crippen molar-refractivity contribution >= 4 is 0 Å². The number of nitrogens with one attached hydrogen (secondary N) is 1. The first-order valence-corrected chi connectivity index (χ1v) is 7.59. The third-order valence-electron chi connectivity index (χ3n) is 3.36. The summed E-state index contributed by atoms with van der Waals surface area (Å²) in [6.45, 7) is 7.98. The molecule has 0 atom stereocenters. The summed E-state index contributed by atoms with van der Waals surface area (Å²) in [7, 11) is 0. The molecule has 4 nitrogen and oxygen atoms in total. The molecule has 1 aromatic carbocycles. The summed E-state index contributed by atoms with van der Waals surface area (Å²) in [6, 6.07) is 7.93. The van der Waals surface area contributed by atoms with E-state index in [-0.39, 0.29) is 11.4 Å². The number of aryl methyl sites for hydroxylation is 1. The standard InChI is InChI=1S/C17H22FN3O/c1-4-21-17(22)14(11-19-10-12(2)3)9-16(20-21)13-5-7-15(18)8-6-13/h5-9,12,19H,4,10-11H2,1-3H3. The van der Waals surface area contributed by atoms with Crippen LogP contribution in [0.1, 0.15) is 26.3 Å². The van der Waals surface area contributed by atoms with E-state index in [2.05, 4.69) is 24.3 Å². The van der Waals surface area contributed by atoms with Gasteiger partial charge in [0, 0.05) is 24.2 Å². The van der Waals surface area contributed by atoms with Crippen LogP contribution < -0.4 is 10.9 Å². The first-order chi connectivity index (χ1) is 10.5. The fraction of sp³-hybridized carbons (Fsp3) is 0.412. The maximum absolute atomic E-state index is 13.0. The summed E-state index contributed by atoms with van der Waals surface area (Å²) in [4.78, 5) is 12.3. The lowest BCUT2D eigenvalue weighted by Gasteiger charge is -2.11. The maximum Gasteiger partial charge on any atom is 0.271 e. The van der Waals surface area contributed by atoms with Crippen LogP contribution in [-0.4, -0.2) is 16.3 Å². The molecule has 5 heteroatoms. The predicted octanol–water partition coefficient (Wildman–Crippen LogP) is 2.81. The zero-order chi connectivity index (χ0) is 16.1. The van der Waals surface area contributed by atoms with Gasteiger partial charge in [-0.05, 0) is 49.7 Å². The van der Waals surface area contributed by atoms with Crippen molar-refractivity contribution in [3.63, 3.8) is 0 Å². The van der Waals surface area contributed by atoms with Crippen LogP contribution in [0.25, 0.3) is 11.3 Å². The van der Waals surface area contributed by atoms with E-state index in [9.17, 15) is 9.18 Å². The van der Waals surface area contributed by atoms with Crippen LogP contribution in [0.5, 0.6) is 0 Å². The topological polar surface area (TPSA) is 46.9 Å². The van der Waals surface area contributed by atoms with Gasteiger partial charge in [0.05, 0.1) is 5.69 Å². The van der Waals surface area contributed by atoms with Gasteiger partial charge in [0.1, 0.15) is 5.82 Å². The van der Waals surface area contributed by atoms with Crippen LogP contribution in [0.2, 0.25) is 0 Å². The van der Waals surface area contributed by atoms with Gasteiger partial charge < -0.3 is 5.32 Å². The Morgan fingerprint density at radius 3 is 2.55 bits per heavy atom. The fourth-order valence-corrected chi connectivity index (χ4v) is 2.20. The number of benzene rings is 1. The molecule has 2 rings (SSSR count). The van der Waals surface area contributed by atoms with Crippen molar-refractivity contribution in [1.82, 2.24) is 15.1 Å². The van der Waals surface area contributed by atoms with E-state index >= 15 is 0 Å². The van der Waals surface area contributed by atoms with E-state index in [0.29, 0.717) is 30.3 Å². The van der Waals surface area contributed by atoms with Gasteiger partial charge >= 0.3 is 0 Å². The molecule has 0 aliphatic rings. The second-order valence-electron chi connectivity index (χ2n) is 5.71. The smallest absolute Gasteiger partial charge is 0.271 e. The van der Waals surface area contributed by atoms with Crippen molar-refractivity contribution in [2.45, 2.75) is 33.9 Å².